The highest BCUT2D eigenvalue weighted by Crippen LogP contribution is 2.31. The van der Waals surface area contributed by atoms with Crippen molar-refractivity contribution in [3.63, 3.8) is 0 Å². The smallest absolute Gasteiger partial charge is 0.318 e. The van der Waals surface area contributed by atoms with Crippen LogP contribution in [0.4, 0.5) is 18.9 Å². The van der Waals surface area contributed by atoms with Crippen LogP contribution in [0.3, 0.4) is 0 Å². The Morgan fingerprint density at radius 2 is 1.33 bits per heavy atom. The number of fused-ring (bicyclic) bond motifs is 5. The van der Waals surface area contributed by atoms with E-state index in [9.17, 15) is 37.1 Å². The van der Waals surface area contributed by atoms with E-state index in [1.54, 1.807) is 24.4 Å². The first-order chi connectivity index (χ1) is 15.5. The lowest BCUT2D eigenvalue weighted by molar-refractivity contribution is -0.167. The molecule has 0 bridgehead atoms. The fraction of sp³-hybridized carbons (Fsp3) is 0.0870. The molecule has 164 valence electrons. The monoisotopic (exact) mass is 469 g/mol. The Morgan fingerprint density at radius 3 is 2.00 bits per heavy atom. The summed E-state index contributed by atoms with van der Waals surface area (Å²) in [6, 6.07) is 8.20. The Kier molecular flexibility index (Phi) is 4.31. The zero-order valence-electron chi connectivity index (χ0n) is 16.5. The maximum Gasteiger partial charge on any atom is 0.471 e. The van der Waals surface area contributed by atoms with E-state index < -0.39 is 44.9 Å². The van der Waals surface area contributed by atoms with Crippen LogP contribution in [-0.2, 0) is 4.79 Å². The normalized spacial score (nSPS) is 12.2. The van der Waals surface area contributed by atoms with Crippen LogP contribution in [-0.4, -0.2) is 12.1 Å². The zero-order valence-corrected chi connectivity index (χ0v) is 17.4. The minimum absolute atomic E-state index is 0.0674. The van der Waals surface area contributed by atoms with Crippen LogP contribution in [0.2, 0.25) is 0 Å². The number of halogens is 3. The Bertz CT molecular complexity index is 1900. The average molecular weight is 469 g/mol. The lowest BCUT2D eigenvalue weighted by atomic mass is 9.99. The van der Waals surface area contributed by atoms with E-state index in [0.29, 0.717) is 16.9 Å². The van der Waals surface area contributed by atoms with Gasteiger partial charge >= 0.3 is 12.1 Å². The van der Waals surface area contributed by atoms with Gasteiger partial charge in [0.15, 0.2) is 10.9 Å². The van der Waals surface area contributed by atoms with E-state index in [1.807, 2.05) is 0 Å². The Balaban J connectivity index is 2.01. The molecule has 4 aromatic carbocycles. The van der Waals surface area contributed by atoms with Crippen LogP contribution >= 0.6 is 11.3 Å². The summed E-state index contributed by atoms with van der Waals surface area (Å²) >= 11 is 0.713. The number of carbonyl (C=O) groups excluding carboxylic acids is 1. The molecular weight excluding hydrogens is 459 g/mol. The molecule has 0 spiro atoms. The summed E-state index contributed by atoms with van der Waals surface area (Å²) in [5.41, 5.74) is -2.71. The number of anilines is 1. The second kappa shape index (κ2) is 6.79. The first-order valence-electron chi connectivity index (χ1n) is 9.48. The number of benzene rings is 4. The molecule has 0 radical (unpaired) electrons. The number of nitrogens with one attached hydrogen (secondary N) is 1. The third-order valence-corrected chi connectivity index (χ3v) is 6.75. The Hall–Kier alpha value is -3.92. The van der Waals surface area contributed by atoms with Gasteiger partial charge in [0.25, 0.3) is 0 Å². The number of rotatable bonds is 1. The number of hydrogen-bond acceptors (Lipinski definition) is 6. The Morgan fingerprint density at radius 1 is 0.758 bits per heavy atom. The Labute approximate surface area is 184 Å². The summed E-state index contributed by atoms with van der Waals surface area (Å²) in [4.78, 5) is 64.5. The van der Waals surface area contributed by atoms with Crippen molar-refractivity contribution in [3.05, 3.63) is 82.9 Å². The standard InChI is InChI=1S/C23H10F3NO5S/c1-8-4-2-5-9-12(8)19(31)21-14(16(9)28)15-18(30)13-10(17(29)20(15)33-21)6-3-7-11(13)27-22(32)23(24,25)26/h2-7H,1H3,(H,27,32). The highest BCUT2D eigenvalue weighted by atomic mass is 32.1. The van der Waals surface area contributed by atoms with Crippen LogP contribution in [0.5, 0.6) is 0 Å². The minimum atomic E-state index is -5.22. The van der Waals surface area contributed by atoms with Crippen LogP contribution in [0.15, 0.2) is 55.6 Å². The number of alkyl halides is 3. The predicted molar refractivity (Wildman–Crippen MR) is 121 cm³/mol. The molecule has 6 nitrogen and oxygen atoms in total. The molecule has 1 amide bonds. The van der Waals surface area contributed by atoms with Crippen molar-refractivity contribution in [2.45, 2.75) is 13.1 Å². The van der Waals surface area contributed by atoms with Crippen LogP contribution < -0.4 is 27.0 Å². The molecule has 10 heteroatoms. The van der Waals surface area contributed by atoms with Crippen LogP contribution in [0.25, 0.3) is 41.7 Å². The maximum atomic E-state index is 13.4. The fourth-order valence-electron chi connectivity index (χ4n) is 4.12. The molecule has 0 aliphatic rings. The quantitative estimate of drug-likeness (QED) is 0.406. The van der Waals surface area contributed by atoms with E-state index in [1.165, 1.54) is 18.2 Å². The summed E-state index contributed by atoms with van der Waals surface area (Å²) < 4.78 is 38.1. The van der Waals surface area contributed by atoms with Crippen molar-refractivity contribution in [3.8, 4) is 0 Å². The minimum Gasteiger partial charge on any atom is -0.318 e. The molecule has 0 saturated carbocycles. The molecule has 1 aromatic heterocycles. The van der Waals surface area contributed by atoms with Gasteiger partial charge in [-0.1, -0.05) is 30.3 Å². The molecule has 0 aliphatic carbocycles. The highest BCUT2D eigenvalue weighted by Gasteiger charge is 2.39. The van der Waals surface area contributed by atoms with Gasteiger partial charge in [-0.3, -0.25) is 24.0 Å². The number of carbonyl (C=O) groups is 1. The SMILES string of the molecule is Cc1cccc2c(=O)c3c(sc4c(=O)c5cccc(NC(=O)C(F)(F)F)c5c(=O)c43)c(=O)c12. The molecule has 5 rings (SSSR count). The van der Waals surface area contributed by atoms with Gasteiger partial charge in [-0.2, -0.15) is 13.2 Å². The van der Waals surface area contributed by atoms with Crippen LogP contribution in [0.1, 0.15) is 5.56 Å². The lowest BCUT2D eigenvalue weighted by Crippen LogP contribution is -2.30. The first kappa shape index (κ1) is 21.0. The number of aryl methyl sites for hydroxylation is 1. The van der Waals surface area contributed by atoms with Crippen molar-refractivity contribution in [2.75, 3.05) is 5.32 Å². The second-order valence-corrected chi connectivity index (χ2v) is 8.52. The second-order valence-electron chi connectivity index (χ2n) is 7.50. The number of thiophene rings is 1. The van der Waals surface area contributed by atoms with Gasteiger partial charge in [0.1, 0.15) is 0 Å². The van der Waals surface area contributed by atoms with Crippen molar-refractivity contribution in [1.29, 1.82) is 0 Å². The molecule has 1 N–H and O–H groups in total. The van der Waals surface area contributed by atoms with E-state index in [2.05, 4.69) is 0 Å². The molecule has 0 unspecified atom stereocenters. The first-order valence-corrected chi connectivity index (χ1v) is 10.3. The number of hydrogen-bond donors (Lipinski definition) is 1. The topological polar surface area (TPSA) is 97.4 Å². The summed E-state index contributed by atoms with van der Waals surface area (Å²) in [6.45, 7) is 1.66. The molecule has 1 heterocycles. The van der Waals surface area contributed by atoms with Gasteiger partial charge < -0.3 is 5.32 Å². The molecule has 33 heavy (non-hydrogen) atoms. The summed E-state index contributed by atoms with van der Waals surface area (Å²) in [5, 5.41) is 0.646. The summed E-state index contributed by atoms with van der Waals surface area (Å²) in [5.74, 6) is -2.31. The molecular formula is C23H10F3NO5S. The molecule has 5 aromatic rings. The average Bonchev–Trinajstić information content (AvgIpc) is 3.17. The molecule has 0 atom stereocenters. The van der Waals surface area contributed by atoms with E-state index in [-0.39, 0.29) is 36.3 Å². The van der Waals surface area contributed by atoms with Gasteiger partial charge in [-0.15, -0.1) is 11.3 Å². The molecule has 0 saturated heterocycles. The van der Waals surface area contributed by atoms with Crippen molar-refractivity contribution < 1.29 is 18.0 Å². The summed E-state index contributed by atoms with van der Waals surface area (Å²) in [7, 11) is 0. The molecule has 0 aliphatic heterocycles. The van der Waals surface area contributed by atoms with Gasteiger partial charge in [-0.25, -0.2) is 0 Å². The van der Waals surface area contributed by atoms with Gasteiger partial charge in [0, 0.05) is 16.2 Å². The maximum absolute atomic E-state index is 13.4. The highest BCUT2D eigenvalue weighted by molar-refractivity contribution is 7.25. The van der Waals surface area contributed by atoms with Crippen molar-refractivity contribution >= 4 is 64.6 Å². The van der Waals surface area contributed by atoms with Crippen molar-refractivity contribution in [2.24, 2.45) is 0 Å². The van der Waals surface area contributed by atoms with Gasteiger partial charge in [-0.05, 0) is 18.6 Å². The van der Waals surface area contributed by atoms with E-state index in [0.717, 1.165) is 6.07 Å². The predicted octanol–water partition coefficient (Wildman–Crippen LogP) is 3.49. The van der Waals surface area contributed by atoms with E-state index >= 15 is 0 Å². The third kappa shape index (κ3) is 2.83. The third-order valence-electron chi connectivity index (χ3n) is 5.56. The zero-order chi connectivity index (χ0) is 23.8. The lowest BCUT2D eigenvalue weighted by Gasteiger charge is -2.10. The fourth-order valence-corrected chi connectivity index (χ4v) is 5.32. The number of amides is 1. The summed E-state index contributed by atoms with van der Waals surface area (Å²) in [6.07, 6.45) is -5.22. The van der Waals surface area contributed by atoms with Crippen molar-refractivity contribution in [1.82, 2.24) is 0 Å². The van der Waals surface area contributed by atoms with Gasteiger partial charge in [0.2, 0.25) is 10.9 Å². The van der Waals surface area contributed by atoms with Crippen LogP contribution in [0, 0.1) is 6.92 Å². The van der Waals surface area contributed by atoms with Gasteiger partial charge in [0.05, 0.1) is 31.2 Å². The largest absolute Gasteiger partial charge is 0.471 e. The van der Waals surface area contributed by atoms with E-state index in [4.69, 9.17) is 0 Å². The molecule has 0 fully saturated rings.